The monoisotopic (exact) mass is 562 g/mol. The van der Waals surface area contributed by atoms with E-state index in [1.54, 1.807) is 18.2 Å². The lowest BCUT2D eigenvalue weighted by atomic mass is 9.71. The number of nitrogens with zero attached hydrogens (tertiary/aromatic N) is 2. The highest BCUT2D eigenvalue weighted by Crippen LogP contribution is 2.42. The molecular formula is C29H33F3N2O6. The van der Waals surface area contributed by atoms with Crippen LogP contribution >= 0.6 is 0 Å². The standard InChI is InChI=1S/C29H33F3N2O6/c1-39-20-2-3-24-21(14-20)27(18(17-35)16-33-24)25(36)4-5-29(15-26(37)38)6-8-34(9-7-29)10-11-40-28-22(31)12-19(30)13-23(28)32/h2-3,12-14,16,25,35-36H,4-11,15,17H2,1H3,(H,37,38). The van der Waals surface area contributed by atoms with Crippen LogP contribution in [0.3, 0.4) is 0 Å². The Hall–Kier alpha value is -3.41. The maximum atomic E-state index is 13.8. The number of carbonyl (C=O) groups is 1. The number of fused-ring (bicyclic) bond motifs is 1. The Morgan fingerprint density at radius 3 is 2.48 bits per heavy atom. The number of piperidine rings is 1. The third kappa shape index (κ3) is 6.83. The fraction of sp³-hybridized carbons (Fsp3) is 0.448. The molecule has 40 heavy (non-hydrogen) atoms. The van der Waals surface area contributed by atoms with Gasteiger partial charge in [-0.1, -0.05) is 0 Å². The van der Waals surface area contributed by atoms with Gasteiger partial charge in [-0.15, -0.1) is 0 Å². The summed E-state index contributed by atoms with van der Waals surface area (Å²) >= 11 is 0. The number of carboxylic acid groups (broad SMARTS) is 1. The van der Waals surface area contributed by atoms with Crippen molar-refractivity contribution in [2.24, 2.45) is 5.41 Å². The highest BCUT2D eigenvalue weighted by molar-refractivity contribution is 5.85. The zero-order valence-electron chi connectivity index (χ0n) is 22.2. The van der Waals surface area contributed by atoms with E-state index in [4.69, 9.17) is 9.47 Å². The van der Waals surface area contributed by atoms with Crippen LogP contribution in [0.25, 0.3) is 10.9 Å². The molecule has 216 valence electrons. The number of aliphatic hydroxyl groups excluding tert-OH is 2. The van der Waals surface area contributed by atoms with Crippen molar-refractivity contribution in [1.82, 2.24) is 9.88 Å². The van der Waals surface area contributed by atoms with Crippen LogP contribution in [0.15, 0.2) is 36.5 Å². The molecule has 1 aromatic heterocycles. The van der Waals surface area contributed by atoms with E-state index in [1.807, 2.05) is 4.90 Å². The van der Waals surface area contributed by atoms with Crippen molar-refractivity contribution >= 4 is 16.9 Å². The summed E-state index contributed by atoms with van der Waals surface area (Å²) in [7, 11) is 1.54. The van der Waals surface area contributed by atoms with Gasteiger partial charge in [-0.2, -0.15) is 0 Å². The average molecular weight is 563 g/mol. The Morgan fingerprint density at radius 1 is 1.15 bits per heavy atom. The van der Waals surface area contributed by atoms with Crippen LogP contribution in [0.5, 0.6) is 11.5 Å². The van der Waals surface area contributed by atoms with Crippen LogP contribution in [0.2, 0.25) is 0 Å². The summed E-state index contributed by atoms with van der Waals surface area (Å²) in [6, 6.07) is 6.41. The Labute approximate surface area is 230 Å². The predicted octanol–water partition coefficient (Wildman–Crippen LogP) is 4.60. The van der Waals surface area contributed by atoms with Gasteiger partial charge in [0.1, 0.15) is 18.2 Å². The number of benzene rings is 2. The Balaban J connectivity index is 1.41. The zero-order chi connectivity index (χ0) is 28.9. The summed E-state index contributed by atoms with van der Waals surface area (Å²) in [5.41, 5.74) is 1.12. The minimum atomic E-state index is -1.11. The van der Waals surface area contributed by atoms with E-state index < -0.39 is 40.7 Å². The molecule has 2 aromatic carbocycles. The number of aliphatic carboxylic acids is 1. The summed E-state index contributed by atoms with van der Waals surface area (Å²) in [4.78, 5) is 18.2. The van der Waals surface area contributed by atoms with Gasteiger partial charge in [0.25, 0.3) is 0 Å². The number of hydrogen-bond donors (Lipinski definition) is 3. The Morgan fingerprint density at radius 2 is 1.85 bits per heavy atom. The van der Waals surface area contributed by atoms with E-state index in [0.29, 0.717) is 78.8 Å². The first-order chi connectivity index (χ1) is 19.1. The predicted molar refractivity (Wildman–Crippen MR) is 141 cm³/mol. The first-order valence-corrected chi connectivity index (χ1v) is 13.1. The number of ether oxygens (including phenoxy) is 2. The van der Waals surface area contributed by atoms with Gasteiger partial charge < -0.3 is 24.8 Å². The molecule has 0 amide bonds. The largest absolute Gasteiger partial charge is 0.497 e. The van der Waals surface area contributed by atoms with Gasteiger partial charge in [-0.25, -0.2) is 13.2 Å². The van der Waals surface area contributed by atoms with Crippen molar-refractivity contribution in [3.63, 3.8) is 0 Å². The van der Waals surface area contributed by atoms with Crippen molar-refractivity contribution in [3.05, 3.63) is 65.1 Å². The molecule has 1 aliphatic rings. The summed E-state index contributed by atoms with van der Waals surface area (Å²) in [5, 5.41) is 31.5. The first kappa shape index (κ1) is 29.6. The molecule has 0 spiro atoms. The number of aliphatic hydroxyl groups is 2. The van der Waals surface area contributed by atoms with Gasteiger partial charge in [-0.3, -0.25) is 14.7 Å². The average Bonchev–Trinajstić information content (AvgIpc) is 2.92. The fourth-order valence-electron chi connectivity index (χ4n) is 5.50. The molecule has 0 radical (unpaired) electrons. The molecule has 0 saturated carbocycles. The molecule has 11 heteroatoms. The van der Waals surface area contributed by atoms with Crippen LogP contribution in [0.4, 0.5) is 13.2 Å². The third-order valence-electron chi connectivity index (χ3n) is 7.71. The number of halogens is 3. The van der Waals surface area contributed by atoms with Crippen molar-refractivity contribution in [1.29, 1.82) is 0 Å². The smallest absolute Gasteiger partial charge is 0.303 e. The molecule has 2 heterocycles. The summed E-state index contributed by atoms with van der Waals surface area (Å²) in [5.74, 6) is -4.22. The number of hydrogen-bond acceptors (Lipinski definition) is 7. The molecule has 3 N–H and O–H groups in total. The maximum absolute atomic E-state index is 13.8. The normalized spacial score (nSPS) is 16.1. The molecular weight excluding hydrogens is 529 g/mol. The summed E-state index contributed by atoms with van der Waals surface area (Å²) in [6.45, 7) is 1.10. The SMILES string of the molecule is COc1ccc2ncc(CO)c(C(O)CCC3(CC(=O)O)CCN(CCOc4c(F)cc(F)cc4F)CC3)c2c1. The van der Waals surface area contributed by atoms with Crippen LogP contribution in [0.1, 0.15) is 49.3 Å². The van der Waals surface area contributed by atoms with Crippen molar-refractivity contribution in [2.45, 2.75) is 44.8 Å². The van der Waals surface area contributed by atoms with Crippen LogP contribution in [-0.2, 0) is 11.4 Å². The highest BCUT2D eigenvalue weighted by Gasteiger charge is 2.37. The topological polar surface area (TPSA) is 112 Å². The third-order valence-corrected chi connectivity index (χ3v) is 7.71. The van der Waals surface area contributed by atoms with Gasteiger partial charge in [0, 0.05) is 35.8 Å². The second-order valence-corrected chi connectivity index (χ2v) is 10.3. The first-order valence-electron chi connectivity index (χ1n) is 13.1. The minimum absolute atomic E-state index is 0.0212. The second kappa shape index (κ2) is 12.8. The van der Waals surface area contributed by atoms with Gasteiger partial charge in [0.05, 0.1) is 31.8 Å². The van der Waals surface area contributed by atoms with E-state index >= 15 is 0 Å². The van der Waals surface area contributed by atoms with E-state index in [0.717, 1.165) is 0 Å². The van der Waals surface area contributed by atoms with E-state index in [1.165, 1.54) is 13.3 Å². The maximum Gasteiger partial charge on any atom is 0.303 e. The lowest BCUT2D eigenvalue weighted by molar-refractivity contribution is -0.141. The molecule has 1 aliphatic heterocycles. The Bertz CT molecular complexity index is 1320. The lowest BCUT2D eigenvalue weighted by Gasteiger charge is -2.41. The van der Waals surface area contributed by atoms with Crippen LogP contribution in [0, 0.1) is 22.9 Å². The number of carboxylic acids is 1. The molecule has 3 aromatic rings. The molecule has 0 bridgehead atoms. The number of rotatable bonds is 12. The number of likely N-dealkylation sites (tertiary alicyclic amines) is 1. The summed E-state index contributed by atoms with van der Waals surface area (Å²) in [6.07, 6.45) is 2.32. The molecule has 1 fully saturated rings. The zero-order valence-corrected chi connectivity index (χ0v) is 22.2. The van der Waals surface area contributed by atoms with E-state index in [9.17, 15) is 33.3 Å². The van der Waals surface area contributed by atoms with Crippen LogP contribution in [-0.4, -0.2) is 64.5 Å². The molecule has 8 nitrogen and oxygen atoms in total. The molecule has 1 atom stereocenters. The molecule has 4 rings (SSSR count). The second-order valence-electron chi connectivity index (χ2n) is 10.3. The molecule has 1 saturated heterocycles. The Kier molecular flexibility index (Phi) is 9.49. The van der Waals surface area contributed by atoms with E-state index in [2.05, 4.69) is 4.98 Å². The van der Waals surface area contributed by atoms with Crippen LogP contribution < -0.4 is 9.47 Å². The van der Waals surface area contributed by atoms with Crippen molar-refractivity contribution in [3.8, 4) is 11.5 Å². The van der Waals surface area contributed by atoms with Gasteiger partial charge in [-0.05, 0) is 68.0 Å². The van der Waals surface area contributed by atoms with Crippen molar-refractivity contribution < 1.29 is 42.8 Å². The van der Waals surface area contributed by atoms with Gasteiger partial charge >= 0.3 is 5.97 Å². The number of aromatic nitrogens is 1. The fourth-order valence-corrected chi connectivity index (χ4v) is 5.50. The number of pyridine rings is 1. The van der Waals surface area contributed by atoms with Crippen molar-refractivity contribution in [2.75, 3.05) is 33.4 Å². The van der Waals surface area contributed by atoms with Gasteiger partial charge in [0.15, 0.2) is 17.4 Å². The quantitative estimate of drug-likeness (QED) is 0.294. The molecule has 1 unspecified atom stereocenters. The number of methoxy groups -OCH3 is 1. The lowest BCUT2D eigenvalue weighted by Crippen LogP contribution is -2.42. The molecule has 0 aliphatic carbocycles. The highest BCUT2D eigenvalue weighted by atomic mass is 19.1. The van der Waals surface area contributed by atoms with Gasteiger partial charge in [0.2, 0.25) is 0 Å². The minimum Gasteiger partial charge on any atom is -0.497 e. The van der Waals surface area contributed by atoms with E-state index in [-0.39, 0.29) is 26.1 Å². The summed E-state index contributed by atoms with van der Waals surface area (Å²) < 4.78 is 51.3.